The van der Waals surface area contributed by atoms with Gasteiger partial charge in [0.2, 0.25) is 0 Å². The van der Waals surface area contributed by atoms with Crippen molar-refractivity contribution in [3.05, 3.63) is 48.5 Å². The Morgan fingerprint density at radius 1 is 0.714 bits per heavy atom. The molecule has 1 nitrogen and oxygen atoms in total. The first-order chi connectivity index (χ1) is 6.88. The Bertz CT molecular complexity index is 484. The van der Waals surface area contributed by atoms with Crippen molar-refractivity contribution >= 4 is 22.8 Å². The topological polar surface area (TPSA) is 17.1 Å². The van der Waals surface area contributed by atoms with E-state index in [9.17, 15) is 3.83 Å². The van der Waals surface area contributed by atoms with Crippen molar-refractivity contribution < 1.29 is 3.83 Å². The van der Waals surface area contributed by atoms with Crippen LogP contribution in [-0.2, 0) is 3.83 Å². The number of fused-ring (bicyclic) bond motifs is 3. The fourth-order valence-electron chi connectivity index (χ4n) is 1.82. The van der Waals surface area contributed by atoms with Gasteiger partial charge in [0.25, 0.3) is 0 Å². The molecule has 0 bridgehead atoms. The number of benzene rings is 2. The zero-order valence-corrected chi connectivity index (χ0v) is 9.15. The van der Waals surface area contributed by atoms with Crippen LogP contribution in [0.15, 0.2) is 48.5 Å². The van der Waals surface area contributed by atoms with Gasteiger partial charge in [-0.25, -0.2) is 0 Å². The van der Waals surface area contributed by atoms with E-state index in [4.69, 9.17) is 0 Å². The van der Waals surface area contributed by atoms with Crippen molar-refractivity contribution in [3.63, 3.8) is 0 Å². The third-order valence-electron chi connectivity index (χ3n) is 2.46. The van der Waals surface area contributed by atoms with E-state index in [1.54, 1.807) is 0 Å². The summed E-state index contributed by atoms with van der Waals surface area (Å²) in [5.74, 6) is 0. The summed E-state index contributed by atoms with van der Waals surface area (Å²) in [5, 5.41) is 0. The van der Waals surface area contributed by atoms with E-state index >= 15 is 0 Å². The minimum absolute atomic E-state index is 1.04. The summed E-state index contributed by atoms with van der Waals surface area (Å²) in [6.07, 6.45) is 0. The molecule has 0 saturated heterocycles. The van der Waals surface area contributed by atoms with E-state index in [1.807, 2.05) is 36.4 Å². The fourth-order valence-corrected chi connectivity index (χ4v) is 4.75. The molecule has 0 aromatic heterocycles. The Hall–Kier alpha value is -1.24. The van der Waals surface area contributed by atoms with Crippen LogP contribution in [0.4, 0.5) is 0 Å². The molecule has 3 rings (SSSR count). The second-order valence-electron chi connectivity index (χ2n) is 3.26. The first-order valence-electron chi connectivity index (χ1n) is 4.48. The normalized spacial score (nSPS) is 13.7. The third-order valence-corrected chi connectivity index (χ3v) is 5.63. The molecule has 1 aliphatic heterocycles. The first-order valence-corrected chi connectivity index (χ1v) is 6.89. The third kappa shape index (κ3) is 0.955. The monoisotopic (exact) mass is 248 g/mol. The van der Waals surface area contributed by atoms with Gasteiger partial charge in [-0.1, -0.05) is 0 Å². The summed E-state index contributed by atoms with van der Waals surface area (Å²) in [7, 11) is 0. The van der Waals surface area contributed by atoms with Gasteiger partial charge in [-0.2, -0.15) is 0 Å². The van der Waals surface area contributed by atoms with Gasteiger partial charge in [-0.3, -0.25) is 0 Å². The van der Waals surface area contributed by atoms with Crippen LogP contribution in [0.3, 0.4) is 0 Å². The molecule has 0 amide bonds. The quantitative estimate of drug-likeness (QED) is 0.546. The molecule has 0 saturated carbocycles. The molecule has 68 valence electrons. The van der Waals surface area contributed by atoms with E-state index in [1.165, 1.54) is 0 Å². The maximum atomic E-state index is 12.1. The molecule has 1 aliphatic rings. The predicted octanol–water partition coefficient (Wildman–Crippen LogP) is 1.20. The van der Waals surface area contributed by atoms with Crippen LogP contribution >= 0.6 is 0 Å². The van der Waals surface area contributed by atoms with Crippen LogP contribution in [0.1, 0.15) is 0 Å². The number of hydrogen-bond donors (Lipinski definition) is 0. The van der Waals surface area contributed by atoms with E-state index < -0.39 is 13.8 Å². The molecular formula is C12H8OSe. The summed E-state index contributed by atoms with van der Waals surface area (Å²) in [5.41, 5.74) is 2.31. The van der Waals surface area contributed by atoms with E-state index in [-0.39, 0.29) is 0 Å². The van der Waals surface area contributed by atoms with Crippen LogP contribution in [0.5, 0.6) is 0 Å². The van der Waals surface area contributed by atoms with Gasteiger partial charge in [0.05, 0.1) is 0 Å². The average molecular weight is 247 g/mol. The van der Waals surface area contributed by atoms with Gasteiger partial charge in [0, 0.05) is 0 Å². The second kappa shape index (κ2) is 2.88. The van der Waals surface area contributed by atoms with Crippen LogP contribution < -0.4 is 8.92 Å². The second-order valence-corrected chi connectivity index (χ2v) is 6.23. The fraction of sp³-hybridized carbons (Fsp3) is 0. The molecule has 0 atom stereocenters. The summed E-state index contributed by atoms with van der Waals surface area (Å²) < 4.78 is 14.2. The van der Waals surface area contributed by atoms with Gasteiger partial charge in [-0.15, -0.1) is 0 Å². The molecule has 2 heteroatoms. The van der Waals surface area contributed by atoms with Gasteiger partial charge in [0.15, 0.2) is 0 Å². The van der Waals surface area contributed by atoms with Crippen LogP contribution in [0.2, 0.25) is 0 Å². The Morgan fingerprint density at radius 3 is 1.64 bits per heavy atom. The van der Waals surface area contributed by atoms with E-state index in [0.29, 0.717) is 0 Å². The van der Waals surface area contributed by atoms with Crippen molar-refractivity contribution in [2.75, 3.05) is 0 Å². The molecule has 2 aromatic carbocycles. The molecule has 2 aromatic rings. The molecule has 14 heavy (non-hydrogen) atoms. The average Bonchev–Trinajstić information content (AvgIpc) is 2.55. The van der Waals surface area contributed by atoms with Crippen molar-refractivity contribution in [2.45, 2.75) is 0 Å². The van der Waals surface area contributed by atoms with Crippen molar-refractivity contribution in [1.29, 1.82) is 0 Å². The van der Waals surface area contributed by atoms with Crippen LogP contribution in [0, 0.1) is 0 Å². The minimum atomic E-state index is -1.95. The van der Waals surface area contributed by atoms with Gasteiger partial charge in [0.1, 0.15) is 0 Å². The molecule has 0 N–H and O–H groups in total. The Labute approximate surface area is 86.5 Å². The number of hydrogen-bond acceptors (Lipinski definition) is 1. The van der Waals surface area contributed by atoms with Gasteiger partial charge < -0.3 is 0 Å². The molecule has 0 fully saturated rings. The summed E-state index contributed by atoms with van der Waals surface area (Å²) in [6.45, 7) is 0. The standard InChI is InChI=1S/C12H8OSe/c13-14-11-7-3-1-5-9(11)10-6-2-4-8-12(10)14/h1-8H. The zero-order valence-electron chi connectivity index (χ0n) is 7.44. The van der Waals surface area contributed by atoms with Crippen LogP contribution in [-0.4, -0.2) is 13.8 Å². The maximum absolute atomic E-state index is 12.1. The predicted molar refractivity (Wildman–Crippen MR) is 57.6 cm³/mol. The Balaban J connectivity index is 2.42. The summed E-state index contributed by atoms with van der Waals surface area (Å²) in [6, 6.07) is 16.0. The molecule has 0 aliphatic carbocycles. The van der Waals surface area contributed by atoms with Gasteiger partial charge in [-0.05, 0) is 0 Å². The molecule has 0 spiro atoms. The Kier molecular flexibility index (Phi) is 1.66. The Morgan fingerprint density at radius 2 is 1.14 bits per heavy atom. The SMILES string of the molecule is O=[Se]1c2ccccc2-c2ccccc21. The van der Waals surface area contributed by atoms with Crippen molar-refractivity contribution in [1.82, 2.24) is 0 Å². The molecule has 0 unspecified atom stereocenters. The van der Waals surface area contributed by atoms with E-state index in [2.05, 4.69) is 12.1 Å². The zero-order chi connectivity index (χ0) is 9.54. The van der Waals surface area contributed by atoms with Crippen molar-refractivity contribution in [2.24, 2.45) is 0 Å². The summed E-state index contributed by atoms with van der Waals surface area (Å²) >= 11 is -1.95. The van der Waals surface area contributed by atoms with Crippen LogP contribution in [0.25, 0.3) is 11.1 Å². The van der Waals surface area contributed by atoms with E-state index in [0.717, 1.165) is 20.1 Å². The van der Waals surface area contributed by atoms with Crippen molar-refractivity contribution in [3.8, 4) is 11.1 Å². The molecule has 0 radical (unpaired) electrons. The first kappa shape index (κ1) is 8.10. The summed E-state index contributed by atoms with van der Waals surface area (Å²) in [4.78, 5) is 0. The van der Waals surface area contributed by atoms with Gasteiger partial charge >= 0.3 is 86.2 Å². The number of rotatable bonds is 0. The molecule has 1 heterocycles. The molecular weight excluding hydrogens is 239 g/mol.